The third-order valence-corrected chi connectivity index (χ3v) is 4.81. The lowest BCUT2D eigenvalue weighted by molar-refractivity contribution is -0.119. The quantitative estimate of drug-likeness (QED) is 0.758. The molecule has 3 rings (SSSR count). The molecule has 1 saturated carbocycles. The number of phenols is 1. The molecule has 0 unspecified atom stereocenters. The van der Waals surface area contributed by atoms with Crippen molar-refractivity contribution in [1.29, 1.82) is 5.26 Å². The molecule has 0 saturated heterocycles. The van der Waals surface area contributed by atoms with Gasteiger partial charge in [-0.3, -0.25) is 4.79 Å². The fourth-order valence-corrected chi connectivity index (χ4v) is 3.05. The molecule has 0 radical (unpaired) electrons. The molecular formula is C15H16N6O2S. The van der Waals surface area contributed by atoms with Crippen LogP contribution in [0.3, 0.4) is 0 Å². The van der Waals surface area contributed by atoms with E-state index in [-0.39, 0.29) is 23.3 Å². The normalized spacial score (nSPS) is 16.2. The number of thioether (sulfide) groups is 1. The van der Waals surface area contributed by atoms with Crippen molar-refractivity contribution < 1.29 is 9.90 Å². The number of nitrogens with one attached hydrogen (secondary N) is 1. The van der Waals surface area contributed by atoms with Crippen molar-refractivity contribution in [3.63, 3.8) is 0 Å². The first-order valence-electron chi connectivity index (χ1n) is 7.45. The van der Waals surface area contributed by atoms with Crippen molar-refractivity contribution in [2.75, 3.05) is 5.75 Å². The van der Waals surface area contributed by atoms with Gasteiger partial charge in [-0.2, -0.15) is 9.94 Å². The van der Waals surface area contributed by atoms with E-state index in [0.717, 1.165) is 12.8 Å². The van der Waals surface area contributed by atoms with Crippen LogP contribution in [0.25, 0.3) is 5.69 Å². The Balaban J connectivity index is 1.63. The highest BCUT2D eigenvalue weighted by atomic mass is 32.2. The lowest BCUT2D eigenvalue weighted by atomic mass is 9.98. The Bertz CT molecular complexity index is 780. The maximum atomic E-state index is 12.1. The van der Waals surface area contributed by atoms with Crippen LogP contribution in [0.1, 0.15) is 19.8 Å². The minimum atomic E-state index is -0.805. The molecule has 1 fully saturated rings. The van der Waals surface area contributed by atoms with Crippen LogP contribution >= 0.6 is 11.8 Å². The number of tetrazole rings is 1. The summed E-state index contributed by atoms with van der Waals surface area (Å²) in [6.45, 7) is 1.76. The van der Waals surface area contributed by atoms with Crippen molar-refractivity contribution in [3.8, 4) is 17.5 Å². The van der Waals surface area contributed by atoms with Crippen molar-refractivity contribution in [2.45, 2.75) is 30.5 Å². The number of rotatable bonds is 6. The predicted octanol–water partition coefficient (Wildman–Crippen LogP) is 1.27. The van der Waals surface area contributed by atoms with Crippen molar-refractivity contribution in [1.82, 2.24) is 25.5 Å². The highest BCUT2D eigenvalue weighted by Gasteiger charge is 2.42. The number of aromatic nitrogens is 4. The van der Waals surface area contributed by atoms with Gasteiger partial charge in [0.2, 0.25) is 11.1 Å². The van der Waals surface area contributed by atoms with Gasteiger partial charge in [0, 0.05) is 0 Å². The van der Waals surface area contributed by atoms with Gasteiger partial charge in [0.05, 0.1) is 17.5 Å². The van der Waals surface area contributed by atoms with E-state index in [0.29, 0.717) is 10.8 Å². The average molecular weight is 344 g/mol. The van der Waals surface area contributed by atoms with Gasteiger partial charge >= 0.3 is 0 Å². The molecule has 0 bridgehead atoms. The monoisotopic (exact) mass is 344 g/mol. The number of carbonyl (C=O) groups excluding carboxylic acids is 1. The lowest BCUT2D eigenvalue weighted by Gasteiger charge is -2.22. The van der Waals surface area contributed by atoms with Gasteiger partial charge in [-0.25, -0.2) is 0 Å². The summed E-state index contributed by atoms with van der Waals surface area (Å²) in [4.78, 5) is 12.1. The number of aromatic hydroxyl groups is 1. The molecule has 24 heavy (non-hydrogen) atoms. The predicted molar refractivity (Wildman–Crippen MR) is 86.4 cm³/mol. The van der Waals surface area contributed by atoms with Crippen LogP contribution < -0.4 is 5.32 Å². The molecule has 1 aromatic heterocycles. The molecule has 1 aromatic carbocycles. The van der Waals surface area contributed by atoms with E-state index in [1.807, 2.05) is 0 Å². The fraction of sp³-hybridized carbons (Fsp3) is 0.400. The van der Waals surface area contributed by atoms with Crippen LogP contribution in [0.5, 0.6) is 5.75 Å². The van der Waals surface area contributed by atoms with Gasteiger partial charge in [-0.15, -0.1) is 5.10 Å². The summed E-state index contributed by atoms with van der Waals surface area (Å²) in [5.74, 6) is 0.272. The zero-order chi connectivity index (χ0) is 17.2. The Morgan fingerprint density at radius 2 is 2.21 bits per heavy atom. The van der Waals surface area contributed by atoms with Crippen molar-refractivity contribution in [3.05, 3.63) is 24.3 Å². The largest absolute Gasteiger partial charge is 0.508 e. The number of amides is 1. The van der Waals surface area contributed by atoms with E-state index in [1.54, 1.807) is 19.1 Å². The van der Waals surface area contributed by atoms with Gasteiger partial charge in [0.15, 0.2) is 0 Å². The Morgan fingerprint density at radius 3 is 2.83 bits per heavy atom. The second-order valence-electron chi connectivity index (χ2n) is 5.81. The summed E-state index contributed by atoms with van der Waals surface area (Å²) in [6, 6.07) is 8.62. The summed E-state index contributed by atoms with van der Waals surface area (Å²) in [5.41, 5.74) is -0.124. The first kappa shape index (κ1) is 16.3. The topological polar surface area (TPSA) is 117 Å². The molecule has 9 heteroatoms. The molecule has 1 heterocycles. The number of hydrogen-bond donors (Lipinski definition) is 2. The molecule has 1 aliphatic rings. The Hall–Kier alpha value is -2.60. The van der Waals surface area contributed by atoms with Crippen LogP contribution in [0.15, 0.2) is 29.4 Å². The molecule has 2 aromatic rings. The Morgan fingerprint density at radius 1 is 1.50 bits per heavy atom. The first-order valence-corrected chi connectivity index (χ1v) is 8.43. The SMILES string of the molecule is C[C@@](C#N)(NC(=O)CSc1nnnn1-c1ccc(O)cc1)C1CC1. The zero-order valence-corrected chi connectivity index (χ0v) is 13.8. The number of carbonyl (C=O) groups is 1. The Kier molecular flexibility index (Phi) is 4.40. The number of nitriles is 1. The third kappa shape index (κ3) is 3.49. The summed E-state index contributed by atoms with van der Waals surface area (Å²) in [7, 11) is 0. The van der Waals surface area contributed by atoms with E-state index in [1.165, 1.54) is 28.6 Å². The summed E-state index contributed by atoms with van der Waals surface area (Å²) in [6.07, 6.45) is 1.94. The van der Waals surface area contributed by atoms with Gasteiger partial charge in [0.1, 0.15) is 11.3 Å². The molecule has 1 atom stereocenters. The minimum Gasteiger partial charge on any atom is -0.508 e. The van der Waals surface area contributed by atoms with Gasteiger partial charge < -0.3 is 10.4 Å². The molecule has 0 aliphatic heterocycles. The maximum Gasteiger partial charge on any atom is 0.231 e. The smallest absolute Gasteiger partial charge is 0.231 e. The summed E-state index contributed by atoms with van der Waals surface area (Å²) >= 11 is 1.19. The number of benzene rings is 1. The van der Waals surface area contributed by atoms with Crippen molar-refractivity contribution in [2.24, 2.45) is 5.92 Å². The zero-order valence-electron chi connectivity index (χ0n) is 13.0. The number of nitrogens with zero attached hydrogens (tertiary/aromatic N) is 5. The van der Waals surface area contributed by atoms with Crippen LogP contribution in [0, 0.1) is 17.2 Å². The third-order valence-electron chi connectivity index (χ3n) is 3.89. The molecule has 2 N–H and O–H groups in total. The first-order chi connectivity index (χ1) is 11.5. The second kappa shape index (κ2) is 6.49. The van der Waals surface area contributed by atoms with Gasteiger partial charge in [-0.1, -0.05) is 11.8 Å². The second-order valence-corrected chi connectivity index (χ2v) is 6.76. The summed E-state index contributed by atoms with van der Waals surface area (Å²) in [5, 5.41) is 33.3. The number of phenolic OH excluding ortho intramolecular Hbond substituents is 1. The van der Waals surface area contributed by atoms with E-state index in [4.69, 9.17) is 0 Å². The minimum absolute atomic E-state index is 0.114. The number of hydrogen-bond acceptors (Lipinski definition) is 7. The summed E-state index contributed by atoms with van der Waals surface area (Å²) < 4.78 is 1.49. The molecule has 1 aliphatic carbocycles. The lowest BCUT2D eigenvalue weighted by Crippen LogP contribution is -2.47. The van der Waals surface area contributed by atoms with Crippen LogP contribution in [-0.2, 0) is 4.79 Å². The van der Waals surface area contributed by atoms with E-state index in [9.17, 15) is 15.2 Å². The van der Waals surface area contributed by atoms with Gasteiger partial charge in [0.25, 0.3) is 0 Å². The maximum absolute atomic E-state index is 12.1. The molecule has 8 nitrogen and oxygen atoms in total. The molecular weight excluding hydrogens is 328 g/mol. The van der Waals surface area contributed by atoms with Gasteiger partial charge in [-0.05, 0) is 60.4 Å². The highest BCUT2D eigenvalue weighted by molar-refractivity contribution is 7.99. The van der Waals surface area contributed by atoms with E-state index < -0.39 is 5.54 Å². The van der Waals surface area contributed by atoms with Crippen LogP contribution in [0.4, 0.5) is 0 Å². The van der Waals surface area contributed by atoms with Crippen molar-refractivity contribution >= 4 is 17.7 Å². The highest BCUT2D eigenvalue weighted by Crippen LogP contribution is 2.39. The fourth-order valence-electron chi connectivity index (χ4n) is 2.36. The van der Waals surface area contributed by atoms with E-state index in [2.05, 4.69) is 26.9 Å². The molecule has 124 valence electrons. The molecule has 1 amide bonds. The average Bonchev–Trinajstić information content (AvgIpc) is 3.33. The standard InChI is InChI=1S/C15H16N6O2S/c1-15(9-16,10-2-3-10)17-13(23)8-24-14-18-19-20-21(14)11-4-6-12(22)7-5-11/h4-7,10,22H,2-3,8H2,1H3,(H,17,23)/t15-/m0/s1. The molecule has 0 spiro atoms. The van der Waals surface area contributed by atoms with Crippen LogP contribution in [0.2, 0.25) is 0 Å². The Labute approximate surface area is 142 Å². The van der Waals surface area contributed by atoms with E-state index >= 15 is 0 Å². The van der Waals surface area contributed by atoms with Crippen LogP contribution in [-0.4, -0.2) is 42.5 Å².